The molecule has 0 radical (unpaired) electrons. The SMILES string of the molecule is COCc1nc(NN)cc(Nc2ccc(Br)cc2Cl)n1. The highest BCUT2D eigenvalue weighted by molar-refractivity contribution is 9.10. The summed E-state index contributed by atoms with van der Waals surface area (Å²) < 4.78 is 5.92. The van der Waals surface area contributed by atoms with Crippen LogP contribution in [0.4, 0.5) is 17.3 Å². The van der Waals surface area contributed by atoms with Gasteiger partial charge in [-0.1, -0.05) is 27.5 Å². The van der Waals surface area contributed by atoms with Gasteiger partial charge in [0.1, 0.15) is 18.2 Å². The van der Waals surface area contributed by atoms with E-state index in [4.69, 9.17) is 22.2 Å². The molecule has 8 heteroatoms. The summed E-state index contributed by atoms with van der Waals surface area (Å²) in [7, 11) is 1.57. The number of aromatic nitrogens is 2. The molecule has 2 aromatic rings. The zero-order valence-corrected chi connectivity index (χ0v) is 13.0. The fourth-order valence-corrected chi connectivity index (χ4v) is 2.28. The number of nitrogens with zero attached hydrogens (tertiary/aromatic N) is 2. The van der Waals surface area contributed by atoms with Crippen LogP contribution in [-0.2, 0) is 11.3 Å². The summed E-state index contributed by atoms with van der Waals surface area (Å²) >= 11 is 9.51. The van der Waals surface area contributed by atoms with E-state index in [1.807, 2.05) is 12.1 Å². The average Bonchev–Trinajstić information content (AvgIpc) is 2.42. The summed E-state index contributed by atoms with van der Waals surface area (Å²) in [5.41, 5.74) is 3.22. The number of nitrogens with two attached hydrogens (primary N) is 1. The Balaban J connectivity index is 2.29. The highest BCUT2D eigenvalue weighted by Crippen LogP contribution is 2.28. The number of nitrogens with one attached hydrogen (secondary N) is 2. The van der Waals surface area contributed by atoms with Gasteiger partial charge in [-0.15, -0.1) is 0 Å². The smallest absolute Gasteiger partial charge is 0.158 e. The molecular formula is C12H13BrClN5O. The minimum Gasteiger partial charge on any atom is -0.377 e. The first kappa shape index (κ1) is 15.0. The third kappa shape index (κ3) is 3.80. The molecular weight excluding hydrogens is 346 g/mol. The van der Waals surface area contributed by atoms with Gasteiger partial charge >= 0.3 is 0 Å². The van der Waals surface area contributed by atoms with Crippen molar-refractivity contribution in [3.05, 3.63) is 39.6 Å². The lowest BCUT2D eigenvalue weighted by atomic mass is 10.3. The zero-order chi connectivity index (χ0) is 14.5. The number of nitrogen functional groups attached to an aromatic ring is 1. The second kappa shape index (κ2) is 6.85. The summed E-state index contributed by atoms with van der Waals surface area (Å²) in [4.78, 5) is 8.48. The predicted molar refractivity (Wildman–Crippen MR) is 83.0 cm³/mol. The number of anilines is 3. The molecule has 0 saturated heterocycles. The van der Waals surface area contributed by atoms with Crippen LogP contribution in [0.1, 0.15) is 5.82 Å². The zero-order valence-electron chi connectivity index (χ0n) is 10.7. The van der Waals surface area contributed by atoms with Crippen LogP contribution in [0.5, 0.6) is 0 Å². The van der Waals surface area contributed by atoms with Gasteiger partial charge in [0.2, 0.25) is 0 Å². The molecule has 20 heavy (non-hydrogen) atoms. The van der Waals surface area contributed by atoms with Gasteiger partial charge in [0.05, 0.1) is 10.7 Å². The van der Waals surface area contributed by atoms with Crippen molar-refractivity contribution < 1.29 is 4.74 Å². The Kier molecular flexibility index (Phi) is 5.13. The molecule has 0 spiro atoms. The van der Waals surface area contributed by atoms with E-state index in [0.29, 0.717) is 22.5 Å². The second-order valence-corrected chi connectivity index (χ2v) is 5.20. The number of methoxy groups -OCH3 is 1. The maximum Gasteiger partial charge on any atom is 0.158 e. The third-order valence-electron chi connectivity index (χ3n) is 2.39. The Hall–Kier alpha value is -1.41. The fourth-order valence-electron chi connectivity index (χ4n) is 1.56. The largest absolute Gasteiger partial charge is 0.377 e. The normalized spacial score (nSPS) is 10.4. The van der Waals surface area contributed by atoms with E-state index >= 15 is 0 Å². The Morgan fingerprint density at radius 3 is 2.70 bits per heavy atom. The summed E-state index contributed by atoms with van der Waals surface area (Å²) in [6.45, 7) is 0.290. The maximum atomic E-state index is 6.15. The predicted octanol–water partition coefficient (Wildman–Crippen LogP) is 3.07. The molecule has 0 aliphatic rings. The van der Waals surface area contributed by atoms with E-state index in [-0.39, 0.29) is 6.61 Å². The molecule has 0 atom stereocenters. The summed E-state index contributed by atoms with van der Waals surface area (Å²) in [5.74, 6) is 6.96. The number of hydrazine groups is 1. The van der Waals surface area contributed by atoms with Gasteiger partial charge in [-0.2, -0.15) is 0 Å². The van der Waals surface area contributed by atoms with Gasteiger partial charge in [0.25, 0.3) is 0 Å². The van der Waals surface area contributed by atoms with Crippen LogP contribution in [0.25, 0.3) is 0 Å². The van der Waals surface area contributed by atoms with Gasteiger partial charge in [-0.3, -0.25) is 0 Å². The molecule has 4 N–H and O–H groups in total. The molecule has 6 nitrogen and oxygen atoms in total. The highest BCUT2D eigenvalue weighted by Gasteiger charge is 2.07. The Labute approximate surface area is 129 Å². The highest BCUT2D eigenvalue weighted by atomic mass is 79.9. The standard InChI is InChI=1S/C12H13BrClN5O/c1-20-6-12-17-10(5-11(18-12)19-15)16-9-3-2-7(13)4-8(9)14/h2-5H,6,15H2,1H3,(H2,16,17,18,19). The lowest BCUT2D eigenvalue weighted by Gasteiger charge is -2.11. The van der Waals surface area contributed by atoms with Crippen LogP contribution in [0.2, 0.25) is 5.02 Å². The van der Waals surface area contributed by atoms with E-state index in [1.165, 1.54) is 0 Å². The molecule has 106 valence electrons. The second-order valence-electron chi connectivity index (χ2n) is 3.88. The van der Waals surface area contributed by atoms with Gasteiger partial charge in [0.15, 0.2) is 5.82 Å². The van der Waals surface area contributed by atoms with E-state index in [0.717, 1.165) is 10.2 Å². The first-order valence-corrected chi connectivity index (χ1v) is 6.85. The first-order valence-electron chi connectivity index (χ1n) is 5.68. The molecule has 0 unspecified atom stereocenters. The monoisotopic (exact) mass is 357 g/mol. The van der Waals surface area contributed by atoms with E-state index < -0.39 is 0 Å². The minimum absolute atomic E-state index is 0.290. The summed E-state index contributed by atoms with van der Waals surface area (Å²) in [5, 5.41) is 3.70. The third-order valence-corrected chi connectivity index (χ3v) is 3.19. The van der Waals surface area contributed by atoms with Crippen molar-refractivity contribution >= 4 is 44.9 Å². The molecule has 0 aliphatic carbocycles. The van der Waals surface area contributed by atoms with E-state index in [9.17, 15) is 0 Å². The van der Waals surface area contributed by atoms with Crippen LogP contribution in [0.15, 0.2) is 28.7 Å². The quantitative estimate of drug-likeness (QED) is 0.562. The van der Waals surface area contributed by atoms with Crippen LogP contribution >= 0.6 is 27.5 Å². The first-order chi connectivity index (χ1) is 9.62. The number of ether oxygens (including phenoxy) is 1. The van der Waals surface area contributed by atoms with Crippen molar-refractivity contribution in [2.75, 3.05) is 17.9 Å². The van der Waals surface area contributed by atoms with Crippen molar-refractivity contribution in [3.8, 4) is 0 Å². The molecule has 1 aromatic carbocycles. The molecule has 0 aliphatic heterocycles. The molecule has 1 aromatic heterocycles. The van der Waals surface area contributed by atoms with Crippen molar-refractivity contribution in [2.45, 2.75) is 6.61 Å². The Morgan fingerprint density at radius 2 is 2.05 bits per heavy atom. The number of benzene rings is 1. The van der Waals surface area contributed by atoms with Gasteiger partial charge in [0, 0.05) is 17.6 Å². The number of hydrogen-bond donors (Lipinski definition) is 3. The lowest BCUT2D eigenvalue weighted by molar-refractivity contribution is 0.178. The lowest BCUT2D eigenvalue weighted by Crippen LogP contribution is -2.11. The number of rotatable bonds is 5. The topological polar surface area (TPSA) is 85.1 Å². The van der Waals surface area contributed by atoms with Crippen molar-refractivity contribution in [2.24, 2.45) is 5.84 Å². The molecule has 0 saturated carbocycles. The van der Waals surface area contributed by atoms with Crippen LogP contribution < -0.4 is 16.6 Å². The molecule has 0 fully saturated rings. The number of hydrogen-bond acceptors (Lipinski definition) is 6. The minimum atomic E-state index is 0.290. The van der Waals surface area contributed by atoms with Crippen LogP contribution in [0, 0.1) is 0 Å². The molecule has 0 amide bonds. The number of halogens is 2. The van der Waals surface area contributed by atoms with Crippen LogP contribution in [-0.4, -0.2) is 17.1 Å². The van der Waals surface area contributed by atoms with Crippen molar-refractivity contribution in [1.29, 1.82) is 0 Å². The maximum absolute atomic E-state index is 6.15. The Bertz CT molecular complexity index is 610. The molecule has 0 bridgehead atoms. The Morgan fingerprint density at radius 1 is 1.30 bits per heavy atom. The fraction of sp³-hybridized carbons (Fsp3) is 0.167. The van der Waals surface area contributed by atoms with Gasteiger partial charge in [-0.25, -0.2) is 15.8 Å². The van der Waals surface area contributed by atoms with Gasteiger partial charge < -0.3 is 15.5 Å². The molecule has 2 rings (SSSR count). The van der Waals surface area contributed by atoms with E-state index in [1.54, 1.807) is 19.2 Å². The van der Waals surface area contributed by atoms with E-state index in [2.05, 4.69) is 36.6 Å². The van der Waals surface area contributed by atoms with Crippen LogP contribution in [0.3, 0.4) is 0 Å². The summed E-state index contributed by atoms with van der Waals surface area (Å²) in [6.07, 6.45) is 0. The summed E-state index contributed by atoms with van der Waals surface area (Å²) in [6, 6.07) is 7.20. The average molecular weight is 359 g/mol. The van der Waals surface area contributed by atoms with Crippen molar-refractivity contribution in [1.82, 2.24) is 9.97 Å². The van der Waals surface area contributed by atoms with Crippen molar-refractivity contribution in [3.63, 3.8) is 0 Å². The molecule has 1 heterocycles. The van der Waals surface area contributed by atoms with Gasteiger partial charge in [-0.05, 0) is 18.2 Å².